The first-order valence-corrected chi connectivity index (χ1v) is 8.85. The summed E-state index contributed by atoms with van der Waals surface area (Å²) in [5.74, 6) is 1.74. The molecule has 0 unspecified atom stereocenters. The molecule has 0 spiro atoms. The van der Waals surface area contributed by atoms with Gasteiger partial charge >= 0.3 is 0 Å². The summed E-state index contributed by atoms with van der Waals surface area (Å²) in [4.78, 5) is 25.1. The molecule has 1 aromatic heterocycles. The molecule has 3 rings (SSSR count). The van der Waals surface area contributed by atoms with Crippen LogP contribution in [0.15, 0.2) is 6.20 Å². The predicted molar refractivity (Wildman–Crippen MR) is 91.7 cm³/mol. The van der Waals surface area contributed by atoms with Gasteiger partial charge in [-0.05, 0) is 25.2 Å². The van der Waals surface area contributed by atoms with Gasteiger partial charge in [-0.15, -0.1) is 0 Å². The first-order chi connectivity index (χ1) is 11.5. The number of nitrogens with zero attached hydrogens (tertiary/aromatic N) is 5. The molecule has 128 valence electrons. The minimum absolute atomic E-state index is 0.131. The average molecular weight is 348 g/mol. The van der Waals surface area contributed by atoms with Gasteiger partial charge in [0, 0.05) is 31.6 Å². The zero-order valence-corrected chi connectivity index (χ0v) is 14.8. The molecule has 2 fully saturated rings. The third kappa shape index (κ3) is 3.62. The number of hydrogen-bond donors (Lipinski definition) is 0. The van der Waals surface area contributed by atoms with Crippen LogP contribution in [-0.2, 0) is 4.79 Å². The highest BCUT2D eigenvalue weighted by atomic mass is 35.5. The number of carbonyl (C=O) groups excluding carboxylic acids is 1. The first kappa shape index (κ1) is 17.0. The van der Waals surface area contributed by atoms with Gasteiger partial charge in [0.15, 0.2) is 10.8 Å². The second kappa shape index (κ2) is 6.94. The number of aromatic nitrogens is 2. The predicted octanol–water partition coefficient (Wildman–Crippen LogP) is 2.47. The van der Waals surface area contributed by atoms with Crippen LogP contribution in [0, 0.1) is 23.2 Å². The van der Waals surface area contributed by atoms with E-state index in [9.17, 15) is 4.79 Å². The summed E-state index contributed by atoms with van der Waals surface area (Å²) < 4.78 is 0. The minimum Gasteiger partial charge on any atom is -0.351 e. The maximum atomic E-state index is 12.6. The molecule has 1 amide bonds. The lowest BCUT2D eigenvalue weighted by Crippen LogP contribution is -2.56. The van der Waals surface area contributed by atoms with Crippen molar-refractivity contribution in [1.29, 1.82) is 5.26 Å². The summed E-state index contributed by atoms with van der Waals surface area (Å²) in [6.45, 7) is 6.50. The van der Waals surface area contributed by atoms with Gasteiger partial charge in [-0.25, -0.2) is 9.97 Å². The Hall–Kier alpha value is -1.87. The second-order valence-corrected chi connectivity index (χ2v) is 7.37. The van der Waals surface area contributed by atoms with Gasteiger partial charge in [0.1, 0.15) is 11.9 Å². The smallest absolute Gasteiger partial charge is 0.226 e. The monoisotopic (exact) mass is 347 g/mol. The summed E-state index contributed by atoms with van der Waals surface area (Å²) in [5, 5.41) is 9.05. The van der Waals surface area contributed by atoms with Crippen molar-refractivity contribution < 1.29 is 4.79 Å². The van der Waals surface area contributed by atoms with Crippen LogP contribution in [0.4, 0.5) is 5.82 Å². The number of carbonyl (C=O) groups is 1. The zero-order chi connectivity index (χ0) is 17.3. The molecular weight excluding hydrogens is 326 g/mol. The van der Waals surface area contributed by atoms with Crippen molar-refractivity contribution in [2.75, 3.05) is 24.5 Å². The SMILES string of the molecule is CC(C)C[C@@H]1CN(c2cnc(C#N)c(Cl)n2)CCN1C(=O)C1CC1. The van der Waals surface area contributed by atoms with Gasteiger partial charge in [0.2, 0.25) is 5.91 Å². The Morgan fingerprint density at radius 1 is 1.46 bits per heavy atom. The van der Waals surface area contributed by atoms with E-state index in [1.54, 1.807) is 6.20 Å². The van der Waals surface area contributed by atoms with Crippen molar-refractivity contribution in [3.63, 3.8) is 0 Å². The third-order valence-electron chi connectivity index (χ3n) is 4.58. The van der Waals surface area contributed by atoms with Crippen LogP contribution in [0.3, 0.4) is 0 Å². The van der Waals surface area contributed by atoms with Crippen LogP contribution >= 0.6 is 11.6 Å². The number of hydrogen-bond acceptors (Lipinski definition) is 5. The fourth-order valence-electron chi connectivity index (χ4n) is 3.25. The molecule has 6 nitrogen and oxygen atoms in total. The highest BCUT2D eigenvalue weighted by Crippen LogP contribution is 2.33. The van der Waals surface area contributed by atoms with E-state index in [0.29, 0.717) is 30.7 Å². The molecule has 0 N–H and O–H groups in total. The average Bonchev–Trinajstić information content (AvgIpc) is 3.38. The zero-order valence-electron chi connectivity index (χ0n) is 14.1. The van der Waals surface area contributed by atoms with Crippen molar-refractivity contribution in [2.24, 2.45) is 11.8 Å². The highest BCUT2D eigenvalue weighted by molar-refractivity contribution is 6.30. The van der Waals surface area contributed by atoms with E-state index in [1.807, 2.05) is 6.07 Å². The normalized spacial score (nSPS) is 21.0. The summed E-state index contributed by atoms with van der Waals surface area (Å²) in [7, 11) is 0. The van der Waals surface area contributed by atoms with Crippen LogP contribution in [-0.4, -0.2) is 46.5 Å². The van der Waals surface area contributed by atoms with Crippen LogP contribution < -0.4 is 4.90 Å². The van der Waals surface area contributed by atoms with E-state index in [-0.39, 0.29) is 22.8 Å². The van der Waals surface area contributed by atoms with Crippen LogP contribution in [0.1, 0.15) is 38.8 Å². The molecule has 0 aromatic carbocycles. The van der Waals surface area contributed by atoms with E-state index < -0.39 is 0 Å². The molecule has 1 aliphatic heterocycles. The van der Waals surface area contributed by atoms with Crippen LogP contribution in [0.2, 0.25) is 5.15 Å². The fraction of sp³-hybridized carbons (Fsp3) is 0.647. The summed E-state index contributed by atoms with van der Waals surface area (Å²) in [5.41, 5.74) is 0.140. The van der Waals surface area contributed by atoms with Gasteiger partial charge in [-0.2, -0.15) is 5.26 Å². The maximum absolute atomic E-state index is 12.6. The molecule has 2 heterocycles. The lowest BCUT2D eigenvalue weighted by molar-refractivity contribution is -0.135. The number of halogens is 1. The summed E-state index contributed by atoms with van der Waals surface area (Å²) >= 11 is 6.01. The van der Waals surface area contributed by atoms with Crippen molar-refractivity contribution in [1.82, 2.24) is 14.9 Å². The Balaban J connectivity index is 1.76. The molecule has 1 aliphatic carbocycles. The van der Waals surface area contributed by atoms with Gasteiger partial charge in [0.05, 0.1) is 6.20 Å². The van der Waals surface area contributed by atoms with Gasteiger partial charge in [0.25, 0.3) is 0 Å². The van der Waals surface area contributed by atoms with E-state index >= 15 is 0 Å². The van der Waals surface area contributed by atoms with Gasteiger partial charge < -0.3 is 9.80 Å². The Bertz CT molecular complexity index is 667. The quantitative estimate of drug-likeness (QED) is 0.836. The van der Waals surface area contributed by atoms with E-state index in [0.717, 1.165) is 25.8 Å². The highest BCUT2D eigenvalue weighted by Gasteiger charge is 2.39. The fourth-order valence-corrected chi connectivity index (χ4v) is 3.43. The second-order valence-electron chi connectivity index (χ2n) is 7.01. The Morgan fingerprint density at radius 2 is 2.21 bits per heavy atom. The molecule has 7 heteroatoms. The topological polar surface area (TPSA) is 73.1 Å². The number of rotatable bonds is 4. The molecular formula is C17H22ClN5O. The number of amides is 1. The molecule has 1 aromatic rings. The van der Waals surface area contributed by atoms with Crippen LogP contribution in [0.25, 0.3) is 0 Å². The Morgan fingerprint density at radius 3 is 2.79 bits per heavy atom. The molecule has 1 saturated heterocycles. The number of anilines is 1. The lowest BCUT2D eigenvalue weighted by atomic mass is 9.99. The molecule has 1 atom stereocenters. The first-order valence-electron chi connectivity index (χ1n) is 8.47. The van der Waals surface area contributed by atoms with Crippen molar-refractivity contribution in [2.45, 2.75) is 39.2 Å². The molecule has 0 radical (unpaired) electrons. The van der Waals surface area contributed by atoms with E-state index in [4.69, 9.17) is 16.9 Å². The van der Waals surface area contributed by atoms with Crippen molar-refractivity contribution in [3.05, 3.63) is 17.0 Å². The van der Waals surface area contributed by atoms with Crippen molar-refractivity contribution in [3.8, 4) is 6.07 Å². The molecule has 2 aliphatic rings. The number of piperazine rings is 1. The standard InChI is InChI=1S/C17H22ClN5O/c1-11(2)7-13-10-22(5-6-23(13)17(24)12-3-4-12)15-9-20-14(8-19)16(18)21-15/h9,11-13H,3-7,10H2,1-2H3/t13-/m1/s1. The Kier molecular flexibility index (Phi) is 4.91. The summed E-state index contributed by atoms with van der Waals surface area (Å²) in [6, 6.07) is 2.11. The largest absolute Gasteiger partial charge is 0.351 e. The maximum Gasteiger partial charge on any atom is 0.226 e. The minimum atomic E-state index is 0.131. The molecule has 24 heavy (non-hydrogen) atoms. The van der Waals surface area contributed by atoms with Crippen molar-refractivity contribution >= 4 is 23.3 Å². The van der Waals surface area contributed by atoms with Gasteiger partial charge in [-0.1, -0.05) is 25.4 Å². The molecule has 1 saturated carbocycles. The number of nitriles is 1. The summed E-state index contributed by atoms with van der Waals surface area (Å²) in [6.07, 6.45) is 4.62. The van der Waals surface area contributed by atoms with Gasteiger partial charge in [-0.3, -0.25) is 4.79 Å². The Labute approximate surface area is 147 Å². The van der Waals surface area contributed by atoms with Crippen LogP contribution in [0.5, 0.6) is 0 Å². The van der Waals surface area contributed by atoms with E-state index in [1.165, 1.54) is 0 Å². The lowest BCUT2D eigenvalue weighted by Gasteiger charge is -2.42. The molecule has 0 bridgehead atoms. The van der Waals surface area contributed by atoms with E-state index in [2.05, 4.69) is 33.6 Å². The third-order valence-corrected chi connectivity index (χ3v) is 4.85.